The minimum absolute atomic E-state index is 0.0880. The smallest absolute Gasteiger partial charge is 0.323 e. The van der Waals surface area contributed by atoms with Gasteiger partial charge >= 0.3 is 12.0 Å². The van der Waals surface area contributed by atoms with E-state index in [1.165, 1.54) is 12.0 Å². The Hall–Kier alpha value is -1.34. The van der Waals surface area contributed by atoms with Crippen molar-refractivity contribution in [2.75, 3.05) is 54.0 Å². The average Bonchev–Trinajstić information content (AvgIpc) is 2.29. The standard InChI is InChI=1S/C13H27N3O4/c1-13(2,10-15(3)4)9-14-12(19)16(6-7-20-5)8-11(17)18/h6-10H2,1-5H3,(H,14,19)(H,17,18). The summed E-state index contributed by atoms with van der Waals surface area (Å²) < 4.78 is 4.88. The fourth-order valence-corrected chi connectivity index (χ4v) is 1.96. The lowest BCUT2D eigenvalue weighted by molar-refractivity contribution is -0.137. The Kier molecular flexibility index (Phi) is 8.17. The molecule has 0 aliphatic carbocycles. The van der Waals surface area contributed by atoms with Crippen LogP contribution < -0.4 is 5.32 Å². The monoisotopic (exact) mass is 289 g/mol. The van der Waals surface area contributed by atoms with Crippen molar-refractivity contribution in [3.63, 3.8) is 0 Å². The van der Waals surface area contributed by atoms with E-state index in [0.29, 0.717) is 13.2 Å². The number of carboxylic acid groups (broad SMARTS) is 1. The highest BCUT2D eigenvalue weighted by molar-refractivity contribution is 5.80. The number of methoxy groups -OCH3 is 1. The van der Waals surface area contributed by atoms with Crippen molar-refractivity contribution < 1.29 is 19.4 Å². The van der Waals surface area contributed by atoms with E-state index in [1.54, 1.807) is 0 Å². The second-order valence-electron chi connectivity index (χ2n) is 5.87. The van der Waals surface area contributed by atoms with Gasteiger partial charge in [0.15, 0.2) is 0 Å². The molecule has 0 radical (unpaired) electrons. The quantitative estimate of drug-likeness (QED) is 0.639. The molecule has 0 aromatic heterocycles. The summed E-state index contributed by atoms with van der Waals surface area (Å²) in [7, 11) is 5.45. The van der Waals surface area contributed by atoms with Gasteiger partial charge in [-0.1, -0.05) is 13.8 Å². The Morgan fingerprint density at radius 3 is 2.35 bits per heavy atom. The molecule has 20 heavy (non-hydrogen) atoms. The minimum atomic E-state index is -1.04. The summed E-state index contributed by atoms with van der Waals surface area (Å²) in [6, 6.07) is -0.378. The van der Waals surface area contributed by atoms with Crippen LogP contribution in [-0.4, -0.2) is 80.9 Å². The van der Waals surface area contributed by atoms with Crippen molar-refractivity contribution in [1.82, 2.24) is 15.1 Å². The highest BCUT2D eigenvalue weighted by Crippen LogP contribution is 2.14. The molecule has 0 saturated carbocycles. The molecule has 0 aliphatic heterocycles. The van der Waals surface area contributed by atoms with Gasteiger partial charge < -0.3 is 25.0 Å². The number of nitrogens with zero attached hydrogens (tertiary/aromatic N) is 2. The maximum atomic E-state index is 12.0. The molecule has 0 unspecified atom stereocenters. The fourth-order valence-electron chi connectivity index (χ4n) is 1.96. The summed E-state index contributed by atoms with van der Waals surface area (Å²) in [5, 5.41) is 11.6. The van der Waals surface area contributed by atoms with Crippen LogP contribution in [0.5, 0.6) is 0 Å². The maximum absolute atomic E-state index is 12.0. The van der Waals surface area contributed by atoms with Crippen molar-refractivity contribution in [3.05, 3.63) is 0 Å². The normalized spacial score (nSPS) is 11.5. The maximum Gasteiger partial charge on any atom is 0.323 e. The van der Waals surface area contributed by atoms with Gasteiger partial charge in [-0.15, -0.1) is 0 Å². The first kappa shape index (κ1) is 18.7. The number of carboxylic acids is 1. The van der Waals surface area contributed by atoms with Gasteiger partial charge in [-0.05, 0) is 19.5 Å². The van der Waals surface area contributed by atoms with E-state index in [-0.39, 0.29) is 24.5 Å². The van der Waals surface area contributed by atoms with Gasteiger partial charge in [0.25, 0.3) is 0 Å². The van der Waals surface area contributed by atoms with E-state index < -0.39 is 5.97 Å². The Labute approximate surface area is 120 Å². The number of carbonyl (C=O) groups is 2. The summed E-state index contributed by atoms with van der Waals surface area (Å²) in [6.45, 7) is 5.62. The van der Waals surface area contributed by atoms with Crippen molar-refractivity contribution in [2.24, 2.45) is 5.41 Å². The third-order valence-electron chi connectivity index (χ3n) is 2.64. The number of amides is 2. The second-order valence-corrected chi connectivity index (χ2v) is 5.87. The predicted octanol–water partition coefficient (Wildman–Crippen LogP) is 0.317. The molecule has 0 fully saturated rings. The van der Waals surface area contributed by atoms with Crippen LogP contribution in [0.25, 0.3) is 0 Å². The molecule has 0 heterocycles. The Balaban J connectivity index is 4.40. The second kappa shape index (κ2) is 8.76. The third kappa shape index (κ3) is 8.71. The SMILES string of the molecule is COCCN(CC(=O)O)C(=O)NCC(C)(C)CN(C)C. The molecular formula is C13H27N3O4. The number of nitrogens with one attached hydrogen (secondary N) is 1. The number of ether oxygens (including phenoxy) is 1. The number of hydrogen-bond donors (Lipinski definition) is 2. The molecule has 0 bridgehead atoms. The molecular weight excluding hydrogens is 262 g/mol. The van der Waals surface area contributed by atoms with Crippen molar-refractivity contribution in [3.8, 4) is 0 Å². The van der Waals surface area contributed by atoms with Gasteiger partial charge in [0.1, 0.15) is 6.54 Å². The van der Waals surface area contributed by atoms with Crippen LogP contribution in [-0.2, 0) is 9.53 Å². The summed E-state index contributed by atoms with van der Waals surface area (Å²) in [5.74, 6) is -1.04. The van der Waals surface area contributed by atoms with E-state index in [1.807, 2.05) is 32.8 Å². The van der Waals surface area contributed by atoms with Crippen LogP contribution in [0.15, 0.2) is 0 Å². The number of hydrogen-bond acceptors (Lipinski definition) is 4. The zero-order valence-corrected chi connectivity index (χ0v) is 13.1. The highest BCUT2D eigenvalue weighted by Gasteiger charge is 2.22. The minimum Gasteiger partial charge on any atom is -0.480 e. The van der Waals surface area contributed by atoms with E-state index >= 15 is 0 Å². The lowest BCUT2D eigenvalue weighted by Crippen LogP contribution is -2.48. The van der Waals surface area contributed by atoms with Gasteiger partial charge in [0.2, 0.25) is 0 Å². The number of rotatable bonds is 9. The molecule has 118 valence electrons. The van der Waals surface area contributed by atoms with Crippen molar-refractivity contribution >= 4 is 12.0 Å². The van der Waals surface area contributed by atoms with Crippen molar-refractivity contribution in [1.29, 1.82) is 0 Å². The van der Waals surface area contributed by atoms with Gasteiger partial charge in [-0.25, -0.2) is 4.79 Å². The lowest BCUT2D eigenvalue weighted by Gasteiger charge is -2.30. The molecule has 0 rings (SSSR count). The summed E-state index contributed by atoms with van der Waals surface area (Å²) in [5.41, 5.74) is -0.0880. The molecule has 7 heteroatoms. The number of urea groups is 1. The Morgan fingerprint density at radius 1 is 1.30 bits per heavy atom. The van der Waals surface area contributed by atoms with E-state index in [9.17, 15) is 9.59 Å². The van der Waals surface area contributed by atoms with Gasteiger partial charge in [-0.2, -0.15) is 0 Å². The third-order valence-corrected chi connectivity index (χ3v) is 2.64. The molecule has 0 atom stereocenters. The lowest BCUT2D eigenvalue weighted by atomic mass is 9.93. The molecule has 2 amide bonds. The average molecular weight is 289 g/mol. The summed E-state index contributed by atoms with van der Waals surface area (Å²) in [6.07, 6.45) is 0. The topological polar surface area (TPSA) is 82.1 Å². The molecule has 7 nitrogen and oxygen atoms in total. The van der Waals surface area contributed by atoms with Crippen LogP contribution in [0.2, 0.25) is 0 Å². The molecule has 0 aromatic carbocycles. The molecule has 0 aromatic rings. The largest absolute Gasteiger partial charge is 0.480 e. The summed E-state index contributed by atoms with van der Waals surface area (Å²) >= 11 is 0. The number of aliphatic carboxylic acids is 1. The molecule has 0 aliphatic rings. The zero-order chi connectivity index (χ0) is 15.8. The van der Waals surface area contributed by atoms with Crippen LogP contribution in [0.1, 0.15) is 13.8 Å². The summed E-state index contributed by atoms with van der Waals surface area (Å²) in [4.78, 5) is 26.0. The first-order valence-electron chi connectivity index (χ1n) is 6.56. The van der Waals surface area contributed by atoms with Gasteiger partial charge in [0.05, 0.1) is 6.61 Å². The van der Waals surface area contributed by atoms with Gasteiger partial charge in [-0.3, -0.25) is 4.79 Å². The molecule has 0 saturated heterocycles. The van der Waals surface area contributed by atoms with E-state index in [4.69, 9.17) is 9.84 Å². The molecule has 2 N–H and O–H groups in total. The first-order chi connectivity index (χ1) is 9.18. The van der Waals surface area contributed by atoms with Gasteiger partial charge in [0, 0.05) is 26.7 Å². The van der Waals surface area contributed by atoms with Crippen LogP contribution in [0.4, 0.5) is 4.79 Å². The van der Waals surface area contributed by atoms with Crippen molar-refractivity contribution in [2.45, 2.75) is 13.8 Å². The predicted molar refractivity (Wildman–Crippen MR) is 76.8 cm³/mol. The zero-order valence-electron chi connectivity index (χ0n) is 13.1. The fraction of sp³-hybridized carbons (Fsp3) is 0.846. The molecule has 0 spiro atoms. The van der Waals surface area contributed by atoms with Crippen LogP contribution in [0.3, 0.4) is 0 Å². The highest BCUT2D eigenvalue weighted by atomic mass is 16.5. The number of carbonyl (C=O) groups excluding carboxylic acids is 1. The Morgan fingerprint density at radius 2 is 1.90 bits per heavy atom. The van der Waals surface area contributed by atoms with Crippen LogP contribution >= 0.6 is 0 Å². The Bertz CT molecular complexity index is 319. The van der Waals surface area contributed by atoms with Crippen LogP contribution in [0, 0.1) is 5.41 Å². The van der Waals surface area contributed by atoms with E-state index in [0.717, 1.165) is 6.54 Å². The first-order valence-corrected chi connectivity index (χ1v) is 6.56. The van der Waals surface area contributed by atoms with E-state index in [2.05, 4.69) is 5.32 Å².